The summed E-state index contributed by atoms with van der Waals surface area (Å²) in [6, 6.07) is 16.1. The number of hydrogen-bond donors (Lipinski definition) is 2. The number of nitrogens with zero attached hydrogens (tertiary/aromatic N) is 1. The zero-order valence-electron chi connectivity index (χ0n) is 10.7. The maximum Gasteiger partial charge on any atom is 0.264 e. The first-order valence-electron chi connectivity index (χ1n) is 6.09. The Kier molecular flexibility index (Phi) is 4.67. The molecule has 100 valence electrons. The van der Waals surface area contributed by atoms with Crippen molar-refractivity contribution in [2.24, 2.45) is 5.10 Å². The average molecular weight is 266 g/mol. The van der Waals surface area contributed by atoms with E-state index in [-0.39, 0.29) is 11.7 Å². The molecule has 2 N–H and O–H groups in total. The Hall–Kier alpha value is -2.88. The Bertz CT molecular complexity index is 634. The van der Waals surface area contributed by atoms with Crippen molar-refractivity contribution in [1.82, 2.24) is 5.43 Å². The molecule has 2 aromatic carbocycles. The predicted octanol–water partition coefficient (Wildman–Crippen LogP) is 2.56. The first kappa shape index (κ1) is 13.5. The molecule has 0 aromatic heterocycles. The summed E-state index contributed by atoms with van der Waals surface area (Å²) in [6.45, 7) is 0. The summed E-state index contributed by atoms with van der Waals surface area (Å²) >= 11 is 0. The molecule has 0 saturated heterocycles. The van der Waals surface area contributed by atoms with E-state index in [9.17, 15) is 9.90 Å². The second-order valence-corrected chi connectivity index (χ2v) is 4.07. The highest BCUT2D eigenvalue weighted by Crippen LogP contribution is 2.08. The van der Waals surface area contributed by atoms with E-state index in [4.69, 9.17) is 0 Å². The zero-order valence-corrected chi connectivity index (χ0v) is 10.7. The zero-order chi connectivity index (χ0) is 14.2. The lowest BCUT2D eigenvalue weighted by Crippen LogP contribution is -2.14. The van der Waals surface area contributed by atoms with Gasteiger partial charge in [0.2, 0.25) is 0 Å². The van der Waals surface area contributed by atoms with Gasteiger partial charge in [-0.2, -0.15) is 5.10 Å². The fourth-order valence-corrected chi connectivity index (χ4v) is 1.55. The smallest absolute Gasteiger partial charge is 0.264 e. The van der Waals surface area contributed by atoms with E-state index in [0.717, 1.165) is 5.56 Å². The lowest BCUT2D eigenvalue weighted by atomic mass is 10.2. The summed E-state index contributed by atoms with van der Waals surface area (Å²) in [5.74, 6) is -0.158. The molecule has 0 aliphatic rings. The molecule has 0 bridgehead atoms. The third-order valence-corrected chi connectivity index (χ3v) is 2.49. The minimum Gasteiger partial charge on any atom is -0.508 e. The number of phenolic OH excluding ortho intramolecular Hbond substituents is 1. The van der Waals surface area contributed by atoms with E-state index in [2.05, 4.69) is 10.5 Å². The lowest BCUT2D eigenvalue weighted by Gasteiger charge is -1.95. The summed E-state index contributed by atoms with van der Waals surface area (Å²) < 4.78 is 0. The van der Waals surface area contributed by atoms with Crippen LogP contribution in [0.4, 0.5) is 0 Å². The fourth-order valence-electron chi connectivity index (χ4n) is 1.55. The quantitative estimate of drug-likeness (QED) is 0.507. The van der Waals surface area contributed by atoms with E-state index < -0.39 is 0 Å². The summed E-state index contributed by atoms with van der Waals surface area (Å²) in [5, 5.41) is 13.1. The Labute approximate surface area is 117 Å². The summed E-state index contributed by atoms with van der Waals surface area (Å²) in [6.07, 6.45) is 4.59. The normalized spacial score (nSPS) is 11.0. The van der Waals surface area contributed by atoms with Gasteiger partial charge < -0.3 is 5.11 Å². The molecule has 0 saturated carbocycles. The molecule has 1 amide bonds. The van der Waals surface area contributed by atoms with Gasteiger partial charge in [-0.1, -0.05) is 42.5 Å². The summed E-state index contributed by atoms with van der Waals surface area (Å²) in [5.41, 5.74) is 4.03. The van der Waals surface area contributed by atoms with Crippen molar-refractivity contribution in [3.63, 3.8) is 0 Å². The molecule has 0 fully saturated rings. The van der Waals surface area contributed by atoms with Gasteiger partial charge in [-0.3, -0.25) is 4.79 Å². The van der Waals surface area contributed by atoms with Crippen LogP contribution >= 0.6 is 0 Å². The highest BCUT2D eigenvalue weighted by Gasteiger charge is 1.93. The minimum atomic E-state index is -0.315. The Balaban J connectivity index is 1.88. The van der Waals surface area contributed by atoms with Gasteiger partial charge in [-0.05, 0) is 29.3 Å². The largest absolute Gasteiger partial charge is 0.508 e. The average Bonchev–Trinajstić information content (AvgIpc) is 2.46. The number of carbonyl (C=O) groups excluding carboxylic acids is 1. The van der Waals surface area contributed by atoms with Crippen LogP contribution < -0.4 is 5.43 Å². The number of amides is 1. The van der Waals surface area contributed by atoms with Crippen molar-refractivity contribution in [3.8, 4) is 5.75 Å². The molecule has 0 aliphatic carbocycles. The van der Waals surface area contributed by atoms with Crippen LogP contribution in [0, 0.1) is 0 Å². The van der Waals surface area contributed by atoms with Crippen molar-refractivity contribution in [3.05, 3.63) is 71.8 Å². The first-order chi connectivity index (χ1) is 9.74. The molecule has 0 aliphatic heterocycles. The van der Waals surface area contributed by atoms with Crippen molar-refractivity contribution in [1.29, 1.82) is 0 Å². The SMILES string of the molecule is O=C(C=Cc1ccccc1)NN=Cc1cccc(O)c1. The Morgan fingerprint density at radius 3 is 2.55 bits per heavy atom. The molecule has 0 unspecified atom stereocenters. The number of aromatic hydroxyl groups is 1. The number of hydrogen-bond acceptors (Lipinski definition) is 3. The van der Waals surface area contributed by atoms with Crippen LogP contribution in [0.15, 0.2) is 65.8 Å². The van der Waals surface area contributed by atoms with E-state index in [1.54, 1.807) is 30.3 Å². The highest BCUT2D eigenvalue weighted by atomic mass is 16.3. The number of carbonyl (C=O) groups is 1. The molecule has 4 heteroatoms. The van der Waals surface area contributed by atoms with Crippen LogP contribution in [-0.2, 0) is 4.79 Å². The Morgan fingerprint density at radius 2 is 1.80 bits per heavy atom. The van der Waals surface area contributed by atoms with Crippen LogP contribution in [0.2, 0.25) is 0 Å². The number of hydrazone groups is 1. The third-order valence-electron chi connectivity index (χ3n) is 2.49. The monoisotopic (exact) mass is 266 g/mol. The topological polar surface area (TPSA) is 61.7 Å². The summed E-state index contributed by atoms with van der Waals surface area (Å²) in [4.78, 5) is 11.5. The predicted molar refractivity (Wildman–Crippen MR) is 79.3 cm³/mol. The molecule has 2 rings (SSSR count). The van der Waals surface area contributed by atoms with E-state index in [1.165, 1.54) is 12.3 Å². The lowest BCUT2D eigenvalue weighted by molar-refractivity contribution is -0.116. The van der Waals surface area contributed by atoms with E-state index >= 15 is 0 Å². The molecule has 4 nitrogen and oxygen atoms in total. The second-order valence-electron chi connectivity index (χ2n) is 4.07. The van der Waals surface area contributed by atoms with Gasteiger partial charge >= 0.3 is 0 Å². The third kappa shape index (κ3) is 4.42. The molecule has 0 atom stereocenters. The number of benzene rings is 2. The van der Waals surface area contributed by atoms with Gasteiger partial charge in [0.15, 0.2) is 0 Å². The van der Waals surface area contributed by atoms with Crippen LogP contribution in [0.25, 0.3) is 6.08 Å². The van der Waals surface area contributed by atoms with Crippen molar-refractivity contribution >= 4 is 18.2 Å². The van der Waals surface area contributed by atoms with Gasteiger partial charge in [0.05, 0.1) is 6.21 Å². The van der Waals surface area contributed by atoms with Crippen molar-refractivity contribution in [2.45, 2.75) is 0 Å². The molecule has 0 radical (unpaired) electrons. The highest BCUT2D eigenvalue weighted by molar-refractivity contribution is 5.92. The van der Waals surface area contributed by atoms with Crippen LogP contribution in [-0.4, -0.2) is 17.2 Å². The van der Waals surface area contributed by atoms with Gasteiger partial charge in [0.25, 0.3) is 5.91 Å². The molecule has 2 aromatic rings. The maximum absolute atomic E-state index is 11.5. The number of phenols is 1. The molecular weight excluding hydrogens is 252 g/mol. The number of nitrogens with one attached hydrogen (secondary N) is 1. The van der Waals surface area contributed by atoms with Crippen molar-refractivity contribution in [2.75, 3.05) is 0 Å². The molecular formula is C16H14N2O2. The van der Waals surface area contributed by atoms with Gasteiger partial charge in [-0.25, -0.2) is 5.43 Å². The standard InChI is InChI=1S/C16H14N2O2/c19-15-8-4-7-14(11-15)12-17-18-16(20)10-9-13-5-2-1-3-6-13/h1-12,19H,(H,18,20). The first-order valence-corrected chi connectivity index (χ1v) is 6.09. The van der Waals surface area contributed by atoms with Crippen LogP contribution in [0.5, 0.6) is 5.75 Å². The van der Waals surface area contributed by atoms with Gasteiger partial charge in [0.1, 0.15) is 5.75 Å². The van der Waals surface area contributed by atoms with Crippen LogP contribution in [0.1, 0.15) is 11.1 Å². The Morgan fingerprint density at radius 1 is 1.05 bits per heavy atom. The second kappa shape index (κ2) is 6.89. The fraction of sp³-hybridized carbons (Fsp3) is 0. The van der Waals surface area contributed by atoms with Gasteiger partial charge in [-0.15, -0.1) is 0 Å². The molecule has 20 heavy (non-hydrogen) atoms. The molecule has 0 spiro atoms. The van der Waals surface area contributed by atoms with E-state index in [0.29, 0.717) is 5.56 Å². The minimum absolute atomic E-state index is 0.157. The summed E-state index contributed by atoms with van der Waals surface area (Å²) in [7, 11) is 0. The van der Waals surface area contributed by atoms with Crippen molar-refractivity contribution < 1.29 is 9.90 Å². The van der Waals surface area contributed by atoms with Gasteiger partial charge in [0, 0.05) is 6.08 Å². The molecule has 0 heterocycles. The van der Waals surface area contributed by atoms with Crippen LogP contribution in [0.3, 0.4) is 0 Å². The van der Waals surface area contributed by atoms with E-state index in [1.807, 2.05) is 30.3 Å². The number of rotatable bonds is 4. The maximum atomic E-state index is 11.5.